The molecule has 0 aliphatic rings. The molecule has 0 unspecified atom stereocenters. The molecule has 21 heavy (non-hydrogen) atoms. The second kappa shape index (κ2) is 5.49. The number of hydrogen-bond donors (Lipinski definition) is 0. The molecule has 3 aromatic rings. The smallest absolute Gasteiger partial charge is 0.411 e. The summed E-state index contributed by atoms with van der Waals surface area (Å²) in [6.07, 6.45) is -4.45. The van der Waals surface area contributed by atoms with Gasteiger partial charge in [-0.05, 0) is 12.1 Å². The van der Waals surface area contributed by atoms with Gasteiger partial charge >= 0.3 is 6.18 Å². The van der Waals surface area contributed by atoms with Crippen molar-refractivity contribution in [2.75, 3.05) is 0 Å². The largest absolute Gasteiger partial charge is 0.434 e. The third-order valence-electron chi connectivity index (χ3n) is 2.38. The van der Waals surface area contributed by atoms with Gasteiger partial charge in [0, 0.05) is 22.7 Å². The molecule has 4 nitrogen and oxygen atoms in total. The maximum absolute atomic E-state index is 12.4. The summed E-state index contributed by atoms with van der Waals surface area (Å²) >= 11 is 1.79. The maximum atomic E-state index is 12.4. The minimum absolute atomic E-state index is 0.150. The average Bonchev–Trinajstić information content (AvgIpc) is 3.09. The first kappa shape index (κ1) is 14.1. The van der Waals surface area contributed by atoms with E-state index < -0.39 is 11.9 Å². The van der Waals surface area contributed by atoms with Crippen molar-refractivity contribution >= 4 is 23.1 Å². The minimum Gasteiger partial charge on any atom is -0.411 e. The second-order valence-corrected chi connectivity index (χ2v) is 5.89. The van der Waals surface area contributed by atoms with Gasteiger partial charge in [-0.2, -0.15) is 13.2 Å². The van der Waals surface area contributed by atoms with Crippen LogP contribution >= 0.6 is 23.1 Å². The number of thiazole rings is 1. The van der Waals surface area contributed by atoms with Crippen LogP contribution in [0.15, 0.2) is 49.7 Å². The van der Waals surface area contributed by atoms with Crippen molar-refractivity contribution in [2.24, 2.45) is 0 Å². The third kappa shape index (κ3) is 3.24. The first-order valence-corrected chi connectivity index (χ1v) is 7.31. The van der Waals surface area contributed by atoms with Crippen LogP contribution in [0.5, 0.6) is 0 Å². The van der Waals surface area contributed by atoms with E-state index in [-0.39, 0.29) is 9.56 Å². The molecule has 108 valence electrons. The zero-order valence-electron chi connectivity index (χ0n) is 10.2. The van der Waals surface area contributed by atoms with E-state index in [1.165, 1.54) is 0 Å². The molecule has 0 saturated carbocycles. The summed E-state index contributed by atoms with van der Waals surface area (Å²) in [4.78, 5) is 3.49. The zero-order chi connectivity index (χ0) is 14.9. The number of halogens is 3. The van der Waals surface area contributed by atoms with E-state index in [1.54, 1.807) is 12.1 Å². The Morgan fingerprint density at radius 1 is 1.10 bits per heavy atom. The van der Waals surface area contributed by atoms with Gasteiger partial charge in [0.15, 0.2) is 10.0 Å². The molecule has 0 aliphatic heterocycles. The van der Waals surface area contributed by atoms with Crippen LogP contribution < -0.4 is 0 Å². The summed E-state index contributed by atoms with van der Waals surface area (Å²) < 4.78 is 42.9. The highest BCUT2D eigenvalue weighted by molar-refractivity contribution is 8.00. The fourth-order valence-electron chi connectivity index (χ4n) is 1.46. The molecule has 2 heterocycles. The topological polar surface area (TPSA) is 51.8 Å². The molecule has 3 rings (SSSR count). The Kier molecular flexibility index (Phi) is 3.68. The number of rotatable bonds is 3. The Bertz CT molecular complexity index is 740. The Hall–Kier alpha value is -1.87. The van der Waals surface area contributed by atoms with Crippen LogP contribution in [0.2, 0.25) is 0 Å². The van der Waals surface area contributed by atoms with Gasteiger partial charge in [-0.15, -0.1) is 21.5 Å². The lowest BCUT2D eigenvalue weighted by Gasteiger charge is -1.99. The standard InChI is InChI=1S/C12H6F3N3OS2/c13-12(14,15)8-6-20-11(16-8)21-10-18-17-9(19-10)7-4-2-1-3-5-7/h1-6H. The van der Waals surface area contributed by atoms with Crippen LogP contribution in [0.1, 0.15) is 5.69 Å². The van der Waals surface area contributed by atoms with Crippen LogP contribution in [0.3, 0.4) is 0 Å². The zero-order valence-corrected chi connectivity index (χ0v) is 11.8. The van der Waals surface area contributed by atoms with Gasteiger partial charge in [0.05, 0.1) is 0 Å². The first-order valence-electron chi connectivity index (χ1n) is 5.62. The highest BCUT2D eigenvalue weighted by Crippen LogP contribution is 2.36. The molecular formula is C12H6F3N3OS2. The molecule has 0 aliphatic carbocycles. The lowest BCUT2D eigenvalue weighted by Crippen LogP contribution is -2.04. The molecule has 0 spiro atoms. The highest BCUT2D eigenvalue weighted by Gasteiger charge is 2.34. The molecule has 1 aromatic carbocycles. The quantitative estimate of drug-likeness (QED) is 0.714. The van der Waals surface area contributed by atoms with Crippen molar-refractivity contribution in [3.8, 4) is 11.5 Å². The Balaban J connectivity index is 1.77. The summed E-state index contributed by atoms with van der Waals surface area (Å²) in [6, 6.07) is 9.09. The predicted molar refractivity (Wildman–Crippen MR) is 71.0 cm³/mol. The van der Waals surface area contributed by atoms with Gasteiger partial charge in [0.2, 0.25) is 5.89 Å². The van der Waals surface area contributed by atoms with E-state index in [0.717, 1.165) is 34.0 Å². The van der Waals surface area contributed by atoms with Crippen molar-refractivity contribution < 1.29 is 17.6 Å². The van der Waals surface area contributed by atoms with Gasteiger partial charge in [-0.1, -0.05) is 18.2 Å². The second-order valence-electron chi connectivity index (χ2n) is 3.84. The number of nitrogens with zero attached hydrogens (tertiary/aromatic N) is 3. The van der Waals surface area contributed by atoms with Crippen LogP contribution in [-0.4, -0.2) is 15.2 Å². The van der Waals surface area contributed by atoms with Crippen molar-refractivity contribution in [2.45, 2.75) is 15.7 Å². The summed E-state index contributed by atoms with van der Waals surface area (Å²) in [7, 11) is 0. The van der Waals surface area contributed by atoms with Gasteiger partial charge in [-0.3, -0.25) is 0 Å². The fourth-order valence-corrected chi connectivity index (χ4v) is 3.05. The summed E-state index contributed by atoms with van der Waals surface area (Å²) in [6.45, 7) is 0. The van der Waals surface area contributed by atoms with Crippen molar-refractivity contribution in [1.82, 2.24) is 15.2 Å². The number of aromatic nitrogens is 3. The first-order chi connectivity index (χ1) is 10.0. The van der Waals surface area contributed by atoms with E-state index in [2.05, 4.69) is 15.2 Å². The van der Waals surface area contributed by atoms with Crippen LogP contribution in [0.25, 0.3) is 11.5 Å². The monoisotopic (exact) mass is 329 g/mol. The minimum atomic E-state index is -4.45. The summed E-state index contributed by atoms with van der Waals surface area (Å²) in [5.41, 5.74) is -0.176. The number of benzene rings is 1. The molecule has 0 N–H and O–H groups in total. The van der Waals surface area contributed by atoms with E-state index in [4.69, 9.17) is 4.42 Å². The van der Waals surface area contributed by atoms with E-state index in [0.29, 0.717) is 5.89 Å². The molecule has 0 saturated heterocycles. The third-order valence-corrected chi connectivity index (χ3v) is 4.15. The van der Waals surface area contributed by atoms with E-state index in [1.807, 2.05) is 18.2 Å². The number of alkyl halides is 3. The Morgan fingerprint density at radius 3 is 2.52 bits per heavy atom. The molecular weight excluding hydrogens is 323 g/mol. The maximum Gasteiger partial charge on any atom is 0.434 e. The average molecular weight is 329 g/mol. The lowest BCUT2D eigenvalue weighted by atomic mass is 10.2. The SMILES string of the molecule is FC(F)(F)c1csc(Sc2nnc(-c3ccccc3)o2)n1. The van der Waals surface area contributed by atoms with E-state index in [9.17, 15) is 13.2 Å². The van der Waals surface area contributed by atoms with Gasteiger partial charge in [0.1, 0.15) is 0 Å². The molecule has 0 atom stereocenters. The molecule has 0 bridgehead atoms. The Labute approximate surface area is 125 Å². The van der Waals surface area contributed by atoms with E-state index >= 15 is 0 Å². The molecule has 2 aromatic heterocycles. The van der Waals surface area contributed by atoms with Crippen molar-refractivity contribution in [3.63, 3.8) is 0 Å². The van der Waals surface area contributed by atoms with Crippen molar-refractivity contribution in [1.29, 1.82) is 0 Å². The molecule has 0 amide bonds. The molecule has 0 fully saturated rings. The number of hydrogen-bond acceptors (Lipinski definition) is 6. The molecule has 0 radical (unpaired) electrons. The Morgan fingerprint density at radius 2 is 1.86 bits per heavy atom. The lowest BCUT2D eigenvalue weighted by molar-refractivity contribution is -0.141. The fraction of sp³-hybridized carbons (Fsp3) is 0.0833. The predicted octanol–water partition coefficient (Wildman–Crippen LogP) is 4.36. The van der Waals surface area contributed by atoms with Crippen LogP contribution in [0, 0.1) is 0 Å². The normalized spacial score (nSPS) is 11.8. The van der Waals surface area contributed by atoms with Gasteiger partial charge in [0.25, 0.3) is 5.22 Å². The summed E-state index contributed by atoms with van der Waals surface area (Å²) in [5.74, 6) is 0.311. The molecule has 9 heteroatoms. The van der Waals surface area contributed by atoms with Gasteiger partial charge < -0.3 is 4.42 Å². The van der Waals surface area contributed by atoms with Crippen LogP contribution in [-0.2, 0) is 6.18 Å². The summed E-state index contributed by atoms with van der Waals surface area (Å²) in [5, 5.41) is 8.75. The van der Waals surface area contributed by atoms with Crippen LogP contribution in [0.4, 0.5) is 13.2 Å². The van der Waals surface area contributed by atoms with Gasteiger partial charge in [-0.25, -0.2) is 4.98 Å². The van der Waals surface area contributed by atoms with Crippen molar-refractivity contribution in [3.05, 3.63) is 41.4 Å². The highest BCUT2D eigenvalue weighted by atomic mass is 32.2.